The fourth-order valence-corrected chi connectivity index (χ4v) is 2.58. The molecule has 0 atom stereocenters. The van der Waals surface area contributed by atoms with Crippen molar-refractivity contribution in [2.75, 3.05) is 7.11 Å². The third-order valence-corrected chi connectivity index (χ3v) is 3.76. The van der Waals surface area contributed by atoms with Gasteiger partial charge in [0.1, 0.15) is 5.75 Å². The number of ether oxygens (including phenoxy) is 1. The first-order chi connectivity index (χ1) is 11.3. The second-order valence-electron chi connectivity index (χ2n) is 5.16. The van der Waals surface area contributed by atoms with Crippen molar-refractivity contribution in [1.82, 2.24) is 20.2 Å². The Morgan fingerprint density at radius 2 is 1.87 bits per heavy atom. The predicted octanol–water partition coefficient (Wildman–Crippen LogP) is 3.70. The average Bonchev–Trinajstić information content (AvgIpc) is 3.10. The van der Waals surface area contributed by atoms with Crippen molar-refractivity contribution in [2.45, 2.75) is 0 Å². The van der Waals surface area contributed by atoms with Crippen LogP contribution in [-0.2, 0) is 0 Å². The van der Waals surface area contributed by atoms with Gasteiger partial charge in [0.05, 0.1) is 30.2 Å². The van der Waals surface area contributed by atoms with Crippen LogP contribution in [0.2, 0.25) is 0 Å². The summed E-state index contributed by atoms with van der Waals surface area (Å²) in [4.78, 5) is 9.00. The minimum absolute atomic E-state index is 0.820. The number of methoxy groups -OCH3 is 1. The molecule has 3 heterocycles. The van der Waals surface area contributed by atoms with E-state index in [1.807, 2.05) is 48.7 Å². The number of nitrogens with one attached hydrogen (secondary N) is 1. The first-order valence-corrected chi connectivity index (χ1v) is 7.24. The van der Waals surface area contributed by atoms with Crippen molar-refractivity contribution in [2.24, 2.45) is 0 Å². The molecule has 0 aliphatic heterocycles. The van der Waals surface area contributed by atoms with Crippen molar-refractivity contribution in [3.05, 3.63) is 61.1 Å². The average molecular weight is 302 g/mol. The van der Waals surface area contributed by atoms with E-state index in [9.17, 15) is 0 Å². The Kier molecular flexibility index (Phi) is 3.24. The quantitative estimate of drug-likeness (QED) is 0.627. The Labute approximate surface area is 133 Å². The van der Waals surface area contributed by atoms with Gasteiger partial charge in [-0.25, -0.2) is 4.98 Å². The number of hydrogen-bond donors (Lipinski definition) is 1. The molecule has 112 valence electrons. The van der Waals surface area contributed by atoms with Gasteiger partial charge in [-0.1, -0.05) is 0 Å². The molecular formula is C18H14N4O. The van der Waals surface area contributed by atoms with E-state index < -0.39 is 0 Å². The fraction of sp³-hybridized carbons (Fsp3) is 0.0556. The van der Waals surface area contributed by atoms with Crippen LogP contribution in [0, 0.1) is 0 Å². The van der Waals surface area contributed by atoms with Crippen LogP contribution in [0.3, 0.4) is 0 Å². The molecule has 0 saturated carbocycles. The molecule has 0 radical (unpaired) electrons. The highest BCUT2D eigenvalue weighted by molar-refractivity contribution is 5.94. The standard InChI is InChI=1S/C18H14N4O/c1-23-14-6-4-12(5-7-14)18-15-11-20-22-17(15)9-16(21-18)13-3-2-8-19-10-13/h2-11H,1H3,(H,20,22). The molecule has 0 spiro atoms. The van der Waals surface area contributed by atoms with Gasteiger partial charge in [-0.15, -0.1) is 0 Å². The smallest absolute Gasteiger partial charge is 0.118 e. The molecule has 0 bridgehead atoms. The number of fused-ring (bicyclic) bond motifs is 1. The number of hydrogen-bond acceptors (Lipinski definition) is 4. The van der Waals surface area contributed by atoms with Crippen LogP contribution in [0.25, 0.3) is 33.4 Å². The number of H-pyrrole nitrogens is 1. The Bertz CT molecular complexity index is 946. The maximum absolute atomic E-state index is 5.22. The lowest BCUT2D eigenvalue weighted by molar-refractivity contribution is 0.415. The SMILES string of the molecule is COc1ccc(-c2nc(-c3cccnc3)cc3[nH]ncc23)cc1. The Morgan fingerprint density at radius 1 is 1.00 bits per heavy atom. The molecule has 23 heavy (non-hydrogen) atoms. The van der Waals surface area contributed by atoms with Gasteiger partial charge < -0.3 is 4.74 Å². The molecule has 0 aliphatic carbocycles. The van der Waals surface area contributed by atoms with E-state index in [-0.39, 0.29) is 0 Å². The molecule has 4 aromatic rings. The number of aromatic nitrogens is 4. The molecule has 5 heteroatoms. The predicted molar refractivity (Wildman–Crippen MR) is 89.1 cm³/mol. The first kappa shape index (κ1) is 13.5. The van der Waals surface area contributed by atoms with Crippen molar-refractivity contribution >= 4 is 10.9 Å². The first-order valence-electron chi connectivity index (χ1n) is 7.24. The van der Waals surface area contributed by atoms with Gasteiger partial charge in [0.2, 0.25) is 0 Å². The van der Waals surface area contributed by atoms with E-state index in [2.05, 4.69) is 15.2 Å². The van der Waals surface area contributed by atoms with E-state index in [4.69, 9.17) is 9.72 Å². The highest BCUT2D eigenvalue weighted by atomic mass is 16.5. The third kappa shape index (κ3) is 2.42. The molecule has 1 aromatic carbocycles. The summed E-state index contributed by atoms with van der Waals surface area (Å²) in [6.07, 6.45) is 5.36. The molecule has 5 nitrogen and oxygen atoms in total. The second-order valence-corrected chi connectivity index (χ2v) is 5.16. The summed E-state index contributed by atoms with van der Waals surface area (Å²) in [5, 5.41) is 8.17. The lowest BCUT2D eigenvalue weighted by Crippen LogP contribution is -1.91. The van der Waals surface area contributed by atoms with Crippen LogP contribution in [0.4, 0.5) is 0 Å². The molecule has 1 N–H and O–H groups in total. The minimum Gasteiger partial charge on any atom is -0.497 e. The van der Waals surface area contributed by atoms with E-state index in [0.29, 0.717) is 0 Å². The van der Waals surface area contributed by atoms with E-state index in [1.54, 1.807) is 19.5 Å². The summed E-state index contributed by atoms with van der Waals surface area (Å²) in [6, 6.07) is 13.8. The summed E-state index contributed by atoms with van der Waals surface area (Å²) in [6.45, 7) is 0. The second kappa shape index (κ2) is 5.53. The maximum Gasteiger partial charge on any atom is 0.118 e. The molecule has 0 amide bonds. The van der Waals surface area contributed by atoms with Gasteiger partial charge in [-0.2, -0.15) is 5.10 Å². The van der Waals surface area contributed by atoms with Crippen LogP contribution in [0.1, 0.15) is 0 Å². The van der Waals surface area contributed by atoms with Crippen LogP contribution < -0.4 is 4.74 Å². The lowest BCUT2D eigenvalue weighted by Gasteiger charge is -2.08. The summed E-state index contributed by atoms with van der Waals surface area (Å²) >= 11 is 0. The van der Waals surface area contributed by atoms with Crippen molar-refractivity contribution in [3.63, 3.8) is 0 Å². The van der Waals surface area contributed by atoms with Crippen molar-refractivity contribution in [1.29, 1.82) is 0 Å². The van der Waals surface area contributed by atoms with E-state index in [0.717, 1.165) is 39.2 Å². The highest BCUT2D eigenvalue weighted by Gasteiger charge is 2.11. The number of pyridine rings is 2. The molecule has 0 saturated heterocycles. The van der Waals surface area contributed by atoms with Gasteiger partial charge in [-0.3, -0.25) is 10.1 Å². The van der Waals surface area contributed by atoms with Crippen molar-refractivity contribution < 1.29 is 4.74 Å². The Morgan fingerprint density at radius 3 is 2.61 bits per heavy atom. The molecule has 3 aromatic heterocycles. The minimum atomic E-state index is 0.820. The molecule has 0 unspecified atom stereocenters. The van der Waals surface area contributed by atoms with Gasteiger partial charge in [-0.05, 0) is 42.5 Å². The Hall–Kier alpha value is -3.21. The summed E-state index contributed by atoms with van der Waals surface area (Å²) in [7, 11) is 1.66. The van der Waals surface area contributed by atoms with Gasteiger partial charge >= 0.3 is 0 Å². The van der Waals surface area contributed by atoms with Crippen molar-refractivity contribution in [3.8, 4) is 28.3 Å². The fourth-order valence-electron chi connectivity index (χ4n) is 2.58. The van der Waals surface area contributed by atoms with E-state index >= 15 is 0 Å². The number of nitrogens with zero attached hydrogens (tertiary/aromatic N) is 3. The molecule has 4 rings (SSSR count). The zero-order chi connectivity index (χ0) is 15.6. The molecule has 0 aliphatic rings. The normalized spacial score (nSPS) is 10.8. The summed E-state index contributed by atoms with van der Waals surface area (Å²) < 4.78 is 5.22. The Balaban J connectivity index is 1.92. The third-order valence-electron chi connectivity index (χ3n) is 3.76. The van der Waals surface area contributed by atoms with Gasteiger partial charge in [0, 0.05) is 28.9 Å². The summed E-state index contributed by atoms with van der Waals surface area (Å²) in [5.74, 6) is 0.820. The van der Waals surface area contributed by atoms with Crippen LogP contribution in [-0.4, -0.2) is 27.3 Å². The monoisotopic (exact) mass is 302 g/mol. The zero-order valence-corrected chi connectivity index (χ0v) is 12.5. The largest absolute Gasteiger partial charge is 0.497 e. The van der Waals surface area contributed by atoms with Crippen LogP contribution >= 0.6 is 0 Å². The topological polar surface area (TPSA) is 63.7 Å². The maximum atomic E-state index is 5.22. The molecular weight excluding hydrogens is 288 g/mol. The van der Waals surface area contributed by atoms with E-state index in [1.165, 1.54) is 0 Å². The number of benzene rings is 1. The van der Waals surface area contributed by atoms with Gasteiger partial charge in [0.15, 0.2) is 0 Å². The lowest BCUT2D eigenvalue weighted by atomic mass is 10.1. The number of rotatable bonds is 3. The number of aromatic amines is 1. The summed E-state index contributed by atoms with van der Waals surface area (Å²) in [5.41, 5.74) is 4.68. The van der Waals surface area contributed by atoms with Crippen LogP contribution in [0.15, 0.2) is 61.1 Å². The zero-order valence-electron chi connectivity index (χ0n) is 12.5. The van der Waals surface area contributed by atoms with Crippen LogP contribution in [0.5, 0.6) is 5.75 Å². The highest BCUT2D eigenvalue weighted by Crippen LogP contribution is 2.30. The van der Waals surface area contributed by atoms with Gasteiger partial charge in [0.25, 0.3) is 0 Å². The molecule has 0 fully saturated rings.